The van der Waals surface area contributed by atoms with E-state index in [4.69, 9.17) is 9.47 Å². The van der Waals surface area contributed by atoms with Gasteiger partial charge in [0.2, 0.25) is 11.4 Å². The van der Waals surface area contributed by atoms with Crippen LogP contribution in [0.2, 0.25) is 0 Å². The number of allylic oxidation sites excluding steroid dienone is 2. The molecule has 1 atom stereocenters. The maximum absolute atomic E-state index is 12.4. The van der Waals surface area contributed by atoms with Crippen LogP contribution in [0, 0.1) is 5.92 Å². The first-order valence-corrected chi connectivity index (χ1v) is 7.11. The van der Waals surface area contributed by atoms with Gasteiger partial charge in [-0.15, -0.1) is 0 Å². The van der Waals surface area contributed by atoms with Gasteiger partial charge in [-0.05, 0) is 27.2 Å². The molecular formula is C15H25NO5. The van der Waals surface area contributed by atoms with Gasteiger partial charge in [0, 0.05) is 12.8 Å². The van der Waals surface area contributed by atoms with Crippen LogP contribution < -0.4 is 5.32 Å². The zero-order valence-electron chi connectivity index (χ0n) is 13.4. The van der Waals surface area contributed by atoms with E-state index in [0.717, 1.165) is 0 Å². The van der Waals surface area contributed by atoms with Crippen molar-refractivity contribution >= 4 is 17.8 Å². The molecule has 0 spiro atoms. The van der Waals surface area contributed by atoms with Crippen molar-refractivity contribution in [2.24, 2.45) is 5.92 Å². The lowest BCUT2D eigenvalue weighted by Gasteiger charge is -2.34. The maximum Gasteiger partial charge on any atom is 0.343 e. The number of ether oxygens (including phenoxy) is 2. The van der Waals surface area contributed by atoms with Crippen molar-refractivity contribution in [1.29, 1.82) is 0 Å². The summed E-state index contributed by atoms with van der Waals surface area (Å²) in [6.45, 7) is 8.27. The number of carbonyl (C=O) groups excluding carboxylic acids is 3. The van der Waals surface area contributed by atoms with Crippen molar-refractivity contribution in [1.82, 2.24) is 5.32 Å². The molecule has 1 amide bonds. The Labute approximate surface area is 125 Å². The summed E-state index contributed by atoms with van der Waals surface area (Å²) in [5.74, 6) is -2.59. The number of amides is 1. The van der Waals surface area contributed by atoms with E-state index in [2.05, 4.69) is 5.32 Å². The van der Waals surface area contributed by atoms with Gasteiger partial charge in [-0.3, -0.25) is 4.79 Å². The van der Waals surface area contributed by atoms with Gasteiger partial charge in [0.15, 0.2) is 0 Å². The molecular weight excluding hydrogens is 274 g/mol. The molecule has 21 heavy (non-hydrogen) atoms. The van der Waals surface area contributed by atoms with Crippen LogP contribution in [0.4, 0.5) is 0 Å². The molecule has 1 unspecified atom stereocenters. The van der Waals surface area contributed by atoms with Crippen LogP contribution in [-0.2, 0) is 23.9 Å². The van der Waals surface area contributed by atoms with Crippen molar-refractivity contribution < 1.29 is 23.9 Å². The first-order valence-electron chi connectivity index (χ1n) is 7.11. The van der Waals surface area contributed by atoms with E-state index in [1.807, 2.05) is 19.1 Å². The quantitative estimate of drug-likeness (QED) is 0.418. The first kappa shape index (κ1) is 19.1. The van der Waals surface area contributed by atoms with Gasteiger partial charge in [0.05, 0.1) is 13.2 Å². The number of nitrogens with one attached hydrogen (secondary N) is 1. The van der Waals surface area contributed by atoms with Gasteiger partial charge in [-0.1, -0.05) is 19.1 Å². The predicted molar refractivity (Wildman–Crippen MR) is 78.4 cm³/mol. The van der Waals surface area contributed by atoms with Crippen LogP contribution in [-0.4, -0.2) is 36.6 Å². The van der Waals surface area contributed by atoms with E-state index >= 15 is 0 Å². The Morgan fingerprint density at radius 1 is 1.14 bits per heavy atom. The molecule has 0 saturated carbocycles. The average molecular weight is 299 g/mol. The van der Waals surface area contributed by atoms with E-state index in [9.17, 15) is 14.4 Å². The van der Waals surface area contributed by atoms with Gasteiger partial charge in [0.25, 0.3) is 0 Å². The summed E-state index contributed by atoms with van der Waals surface area (Å²) in [7, 11) is 0. The lowest BCUT2D eigenvalue weighted by Crippen LogP contribution is -2.64. The fraction of sp³-hybridized carbons (Fsp3) is 0.667. The van der Waals surface area contributed by atoms with Crippen molar-refractivity contribution in [3.8, 4) is 0 Å². The number of carbonyl (C=O) groups is 3. The molecule has 0 radical (unpaired) electrons. The fourth-order valence-corrected chi connectivity index (χ4v) is 2.00. The third kappa shape index (κ3) is 4.88. The summed E-state index contributed by atoms with van der Waals surface area (Å²) in [6.07, 6.45) is 4.05. The molecule has 0 aromatic carbocycles. The highest BCUT2D eigenvalue weighted by Crippen LogP contribution is 2.25. The molecule has 0 aliphatic carbocycles. The number of hydrogen-bond donors (Lipinski definition) is 1. The van der Waals surface area contributed by atoms with Crippen LogP contribution in [0.1, 0.15) is 41.0 Å². The Hall–Kier alpha value is -1.85. The Bertz CT molecular complexity index is 385. The summed E-state index contributed by atoms with van der Waals surface area (Å²) in [5.41, 5.74) is -1.82. The molecule has 0 aromatic rings. The molecule has 0 heterocycles. The Kier molecular flexibility index (Phi) is 8.35. The van der Waals surface area contributed by atoms with Crippen molar-refractivity contribution in [3.05, 3.63) is 12.2 Å². The second-order valence-corrected chi connectivity index (χ2v) is 4.64. The van der Waals surface area contributed by atoms with E-state index in [0.29, 0.717) is 6.42 Å². The lowest BCUT2D eigenvalue weighted by atomic mass is 9.82. The van der Waals surface area contributed by atoms with Crippen LogP contribution >= 0.6 is 0 Å². The van der Waals surface area contributed by atoms with Gasteiger partial charge < -0.3 is 14.8 Å². The lowest BCUT2D eigenvalue weighted by molar-refractivity contribution is -0.171. The highest BCUT2D eigenvalue weighted by atomic mass is 16.6. The molecule has 0 aliphatic heterocycles. The molecule has 0 bridgehead atoms. The van der Waals surface area contributed by atoms with E-state index in [-0.39, 0.29) is 13.2 Å². The molecule has 0 aliphatic rings. The Balaban J connectivity index is 5.74. The summed E-state index contributed by atoms with van der Waals surface area (Å²) >= 11 is 0. The minimum absolute atomic E-state index is 0.107. The molecule has 120 valence electrons. The summed E-state index contributed by atoms with van der Waals surface area (Å²) < 4.78 is 10.00. The fourth-order valence-electron chi connectivity index (χ4n) is 2.00. The van der Waals surface area contributed by atoms with Crippen LogP contribution in [0.5, 0.6) is 0 Å². The second kappa shape index (κ2) is 9.15. The topological polar surface area (TPSA) is 81.7 Å². The van der Waals surface area contributed by atoms with E-state index in [1.54, 1.807) is 20.8 Å². The molecule has 0 aromatic heterocycles. The average Bonchev–Trinajstić information content (AvgIpc) is 2.42. The van der Waals surface area contributed by atoms with Crippen molar-refractivity contribution in [2.45, 2.75) is 46.6 Å². The Morgan fingerprint density at radius 3 is 1.95 bits per heavy atom. The van der Waals surface area contributed by atoms with Gasteiger partial charge >= 0.3 is 11.9 Å². The van der Waals surface area contributed by atoms with Crippen molar-refractivity contribution in [3.63, 3.8) is 0 Å². The monoisotopic (exact) mass is 299 g/mol. The van der Waals surface area contributed by atoms with Crippen LogP contribution in [0.15, 0.2) is 12.2 Å². The minimum atomic E-state index is -1.82. The third-order valence-corrected chi connectivity index (χ3v) is 3.03. The van der Waals surface area contributed by atoms with Gasteiger partial charge in [-0.2, -0.15) is 0 Å². The zero-order valence-corrected chi connectivity index (χ0v) is 13.4. The smallest absolute Gasteiger partial charge is 0.343 e. The highest BCUT2D eigenvalue weighted by Gasteiger charge is 2.53. The highest BCUT2D eigenvalue weighted by molar-refractivity contribution is 6.08. The largest absolute Gasteiger partial charge is 0.464 e. The minimum Gasteiger partial charge on any atom is -0.464 e. The Morgan fingerprint density at radius 2 is 1.62 bits per heavy atom. The third-order valence-electron chi connectivity index (χ3n) is 3.03. The second-order valence-electron chi connectivity index (χ2n) is 4.64. The van der Waals surface area contributed by atoms with E-state index < -0.39 is 29.3 Å². The summed E-state index contributed by atoms with van der Waals surface area (Å²) in [6, 6.07) is 0. The van der Waals surface area contributed by atoms with Crippen molar-refractivity contribution in [2.75, 3.05) is 13.2 Å². The predicted octanol–water partition coefficient (Wildman–Crippen LogP) is 1.59. The van der Waals surface area contributed by atoms with Crippen LogP contribution in [0.25, 0.3) is 0 Å². The normalized spacial score (nSPS) is 12.8. The SMILES string of the molecule is C/C=C/CC(C)C(NC(C)=O)(C(=O)OCC)C(=O)OCC. The number of rotatable bonds is 8. The van der Waals surface area contributed by atoms with Crippen LogP contribution in [0.3, 0.4) is 0 Å². The van der Waals surface area contributed by atoms with Gasteiger partial charge in [0.1, 0.15) is 0 Å². The van der Waals surface area contributed by atoms with Gasteiger partial charge in [-0.25, -0.2) is 9.59 Å². The molecule has 6 nitrogen and oxygen atoms in total. The maximum atomic E-state index is 12.4. The number of esters is 2. The number of hydrogen-bond acceptors (Lipinski definition) is 5. The molecule has 6 heteroatoms. The van der Waals surface area contributed by atoms with E-state index in [1.165, 1.54) is 6.92 Å². The summed E-state index contributed by atoms with van der Waals surface area (Å²) in [4.78, 5) is 36.2. The zero-order chi connectivity index (χ0) is 16.5. The molecule has 0 saturated heterocycles. The first-order chi connectivity index (χ1) is 9.86. The molecule has 0 fully saturated rings. The molecule has 0 rings (SSSR count). The standard InChI is InChI=1S/C15H25NO5/c1-6-9-10-11(4)15(16-12(5)17,13(18)20-7-2)14(19)21-8-3/h6,9,11H,7-8,10H2,1-5H3,(H,16,17)/b9-6+. The molecule has 1 N–H and O–H groups in total. The summed E-state index contributed by atoms with van der Waals surface area (Å²) in [5, 5.41) is 2.45.